The largest absolute Gasteiger partial charge is 0.496 e. The zero-order chi connectivity index (χ0) is 15.2. The lowest BCUT2D eigenvalue weighted by atomic mass is 10.1. The average molecular weight is 299 g/mol. The smallest absolute Gasteiger partial charge is 0.240 e. The van der Waals surface area contributed by atoms with E-state index in [1.165, 1.54) is 12.7 Å². The van der Waals surface area contributed by atoms with Crippen LogP contribution >= 0.6 is 11.6 Å². The van der Waals surface area contributed by atoms with Gasteiger partial charge >= 0.3 is 0 Å². The molecule has 0 amide bonds. The van der Waals surface area contributed by atoms with Gasteiger partial charge in [-0.2, -0.15) is 0 Å². The number of benzene rings is 2. The Kier molecular flexibility index (Phi) is 5.03. The number of carbonyl (C=O) groups is 1. The van der Waals surface area contributed by atoms with E-state index < -0.39 is 0 Å². The van der Waals surface area contributed by atoms with Crippen molar-refractivity contribution in [3.8, 4) is 17.6 Å². The highest BCUT2D eigenvalue weighted by atomic mass is 35.5. The second-order valence-corrected chi connectivity index (χ2v) is 4.91. The molecule has 0 aromatic heterocycles. The zero-order valence-electron chi connectivity index (χ0n) is 11.9. The van der Waals surface area contributed by atoms with E-state index in [9.17, 15) is 4.79 Å². The Hall–Kier alpha value is -2.24. The van der Waals surface area contributed by atoms with Crippen LogP contribution in [0.4, 0.5) is 0 Å². The Balaban J connectivity index is 2.25. The third kappa shape index (κ3) is 3.87. The first-order chi connectivity index (χ1) is 10.1. The van der Waals surface area contributed by atoms with E-state index in [1.807, 2.05) is 24.3 Å². The van der Waals surface area contributed by atoms with Gasteiger partial charge in [0.05, 0.1) is 12.7 Å². The SMILES string of the molecule is CCc1ccc(C#CC(=O)c2cc(Cl)ccc2OC)cc1. The molecule has 0 fully saturated rings. The summed E-state index contributed by atoms with van der Waals surface area (Å²) in [5, 5.41) is 0.480. The van der Waals surface area contributed by atoms with Gasteiger partial charge in [-0.15, -0.1) is 0 Å². The van der Waals surface area contributed by atoms with Gasteiger partial charge in [0.1, 0.15) is 5.75 Å². The van der Waals surface area contributed by atoms with E-state index in [1.54, 1.807) is 18.2 Å². The average Bonchev–Trinajstić information content (AvgIpc) is 2.53. The molecule has 2 aromatic rings. The van der Waals surface area contributed by atoms with Crippen molar-refractivity contribution in [3.05, 3.63) is 64.2 Å². The van der Waals surface area contributed by atoms with Gasteiger partial charge in [-0.3, -0.25) is 4.79 Å². The van der Waals surface area contributed by atoms with E-state index in [-0.39, 0.29) is 5.78 Å². The van der Waals surface area contributed by atoms with Crippen molar-refractivity contribution in [2.75, 3.05) is 7.11 Å². The second kappa shape index (κ2) is 6.97. The molecule has 106 valence electrons. The molecule has 2 nitrogen and oxygen atoms in total. The topological polar surface area (TPSA) is 26.3 Å². The van der Waals surface area contributed by atoms with E-state index in [2.05, 4.69) is 18.8 Å². The number of Topliss-reactive ketones (excluding diaryl/α,β-unsaturated/α-hetero) is 1. The quantitative estimate of drug-likeness (QED) is 0.628. The molecule has 0 saturated carbocycles. The molecule has 0 aliphatic heterocycles. The van der Waals surface area contributed by atoms with Gasteiger partial charge in [-0.05, 0) is 48.2 Å². The van der Waals surface area contributed by atoms with Crippen LogP contribution in [0.3, 0.4) is 0 Å². The van der Waals surface area contributed by atoms with E-state index in [0.717, 1.165) is 12.0 Å². The third-order valence-corrected chi connectivity index (χ3v) is 3.32. The van der Waals surface area contributed by atoms with E-state index in [4.69, 9.17) is 16.3 Å². The molecule has 0 spiro atoms. The Morgan fingerprint density at radius 1 is 1.19 bits per heavy atom. The Labute approximate surface area is 129 Å². The third-order valence-electron chi connectivity index (χ3n) is 3.09. The molecule has 0 N–H and O–H groups in total. The highest BCUT2D eigenvalue weighted by Gasteiger charge is 2.10. The second-order valence-electron chi connectivity index (χ2n) is 4.47. The summed E-state index contributed by atoms with van der Waals surface area (Å²) >= 11 is 5.91. The molecule has 3 heteroatoms. The van der Waals surface area contributed by atoms with Crippen LogP contribution in [-0.4, -0.2) is 12.9 Å². The van der Waals surface area contributed by atoms with Crippen molar-refractivity contribution in [1.82, 2.24) is 0 Å². The predicted octanol–water partition coefficient (Wildman–Crippen LogP) is 4.15. The van der Waals surface area contributed by atoms with Gasteiger partial charge in [0.25, 0.3) is 0 Å². The summed E-state index contributed by atoms with van der Waals surface area (Å²) in [5.41, 5.74) is 2.42. The van der Waals surface area contributed by atoms with Crippen LogP contribution in [-0.2, 0) is 6.42 Å². The van der Waals surface area contributed by atoms with E-state index in [0.29, 0.717) is 16.3 Å². The Bertz CT molecular complexity index is 706. The molecule has 0 radical (unpaired) electrons. The van der Waals surface area contributed by atoms with Crippen molar-refractivity contribution < 1.29 is 9.53 Å². The Morgan fingerprint density at radius 3 is 2.52 bits per heavy atom. The van der Waals surface area contributed by atoms with E-state index >= 15 is 0 Å². The number of carbonyl (C=O) groups excluding carboxylic acids is 1. The summed E-state index contributed by atoms with van der Waals surface area (Å²) in [4.78, 5) is 12.2. The molecular weight excluding hydrogens is 284 g/mol. The molecule has 2 aromatic carbocycles. The molecule has 21 heavy (non-hydrogen) atoms. The highest BCUT2D eigenvalue weighted by Crippen LogP contribution is 2.22. The highest BCUT2D eigenvalue weighted by molar-refractivity contribution is 6.31. The van der Waals surface area contributed by atoms with Crippen molar-refractivity contribution >= 4 is 17.4 Å². The monoisotopic (exact) mass is 298 g/mol. The lowest BCUT2D eigenvalue weighted by Gasteiger charge is -2.04. The van der Waals surface area contributed by atoms with Crippen LogP contribution in [0, 0.1) is 11.8 Å². The first-order valence-corrected chi connectivity index (χ1v) is 7.00. The molecule has 0 heterocycles. The number of methoxy groups -OCH3 is 1. The van der Waals surface area contributed by atoms with Crippen molar-refractivity contribution in [2.24, 2.45) is 0 Å². The van der Waals surface area contributed by atoms with Crippen molar-refractivity contribution in [1.29, 1.82) is 0 Å². The lowest BCUT2D eigenvalue weighted by Crippen LogP contribution is -1.99. The summed E-state index contributed by atoms with van der Waals surface area (Å²) in [7, 11) is 1.51. The van der Waals surface area contributed by atoms with Crippen LogP contribution < -0.4 is 4.74 Å². The number of rotatable bonds is 3. The number of ether oxygens (including phenoxy) is 1. The van der Waals surface area contributed by atoms with Crippen LogP contribution in [0.15, 0.2) is 42.5 Å². The standard InChI is InChI=1S/C18H15ClO2/c1-3-13-4-6-14(7-5-13)8-10-17(20)16-12-15(19)9-11-18(16)21-2/h4-7,9,11-12H,3H2,1-2H3. The maximum Gasteiger partial charge on any atom is 0.240 e. The number of hydrogen-bond acceptors (Lipinski definition) is 2. The minimum absolute atomic E-state index is 0.311. The van der Waals surface area contributed by atoms with Gasteiger partial charge < -0.3 is 4.74 Å². The minimum Gasteiger partial charge on any atom is -0.496 e. The van der Waals surface area contributed by atoms with Crippen LogP contribution in [0.2, 0.25) is 5.02 Å². The summed E-state index contributed by atoms with van der Waals surface area (Å²) in [6.45, 7) is 2.09. The van der Waals surface area contributed by atoms with Gasteiger partial charge in [0.2, 0.25) is 5.78 Å². The van der Waals surface area contributed by atoms with Crippen molar-refractivity contribution in [3.63, 3.8) is 0 Å². The maximum atomic E-state index is 12.2. The van der Waals surface area contributed by atoms with Gasteiger partial charge in [0.15, 0.2) is 0 Å². The summed E-state index contributed by atoms with van der Waals surface area (Å²) in [6, 6.07) is 12.7. The molecule has 0 saturated heterocycles. The minimum atomic E-state index is -0.311. The van der Waals surface area contributed by atoms with Crippen LogP contribution in [0.25, 0.3) is 0 Å². The number of aryl methyl sites for hydroxylation is 1. The predicted molar refractivity (Wildman–Crippen MR) is 85.0 cm³/mol. The fourth-order valence-corrected chi connectivity index (χ4v) is 2.05. The van der Waals surface area contributed by atoms with Crippen LogP contribution in [0.1, 0.15) is 28.4 Å². The molecule has 2 rings (SSSR count). The number of hydrogen-bond donors (Lipinski definition) is 0. The number of ketones is 1. The summed E-state index contributed by atoms with van der Waals surface area (Å²) < 4.78 is 5.16. The molecule has 0 atom stereocenters. The van der Waals surface area contributed by atoms with Crippen molar-refractivity contribution in [2.45, 2.75) is 13.3 Å². The molecule has 0 aliphatic carbocycles. The van der Waals surface area contributed by atoms with Gasteiger partial charge in [0, 0.05) is 10.6 Å². The lowest BCUT2D eigenvalue weighted by molar-refractivity contribution is 0.105. The molecule has 0 bridgehead atoms. The molecular formula is C18H15ClO2. The first-order valence-electron chi connectivity index (χ1n) is 6.63. The van der Waals surface area contributed by atoms with Gasteiger partial charge in [-0.25, -0.2) is 0 Å². The number of halogens is 1. The first kappa shape index (κ1) is 15.2. The normalized spacial score (nSPS) is 9.67. The zero-order valence-corrected chi connectivity index (χ0v) is 12.7. The maximum absolute atomic E-state index is 12.2. The Morgan fingerprint density at radius 2 is 1.90 bits per heavy atom. The fourth-order valence-electron chi connectivity index (χ4n) is 1.88. The summed E-state index contributed by atoms with van der Waals surface area (Å²) in [6.07, 6.45) is 0.979. The summed E-state index contributed by atoms with van der Waals surface area (Å²) in [5.74, 6) is 5.65. The molecule has 0 aliphatic rings. The van der Waals surface area contributed by atoms with Gasteiger partial charge in [-0.1, -0.05) is 36.6 Å². The molecule has 0 unspecified atom stereocenters. The fraction of sp³-hybridized carbons (Fsp3) is 0.167. The van der Waals surface area contributed by atoms with Crippen LogP contribution in [0.5, 0.6) is 5.75 Å².